The van der Waals surface area contributed by atoms with Crippen LogP contribution in [0.25, 0.3) is 0 Å². The molecule has 0 fully saturated rings. The molecule has 8 heteroatoms. The topological polar surface area (TPSA) is 0 Å². The van der Waals surface area contributed by atoms with Gasteiger partial charge >= 0.3 is 63.7 Å². The van der Waals surface area contributed by atoms with Crippen molar-refractivity contribution in [3.63, 3.8) is 0 Å². The summed E-state index contributed by atoms with van der Waals surface area (Å²) in [6, 6.07) is 0. The van der Waals surface area contributed by atoms with Gasteiger partial charge in [0.25, 0.3) is 0 Å². The molecule has 0 atom stereocenters. The van der Waals surface area contributed by atoms with Gasteiger partial charge in [-0.15, -0.1) is 0 Å². The fourth-order valence-corrected chi connectivity index (χ4v) is 0.161. The van der Waals surface area contributed by atoms with E-state index >= 15 is 0 Å². The van der Waals surface area contributed by atoms with Crippen molar-refractivity contribution in [2.24, 2.45) is 0 Å². The molecule has 0 saturated carbocycles. The maximum atomic E-state index is 11.1. The summed E-state index contributed by atoms with van der Waals surface area (Å²) in [4.78, 5) is 0. The number of alkyl halides is 6. The number of halogens is 7. The molecule has 0 bridgehead atoms. The Balaban J connectivity index is 0. The van der Waals surface area contributed by atoms with E-state index in [1.54, 1.807) is 0 Å². The average Bonchev–Trinajstić information content (AvgIpc) is 1.59. The van der Waals surface area contributed by atoms with Gasteiger partial charge in [0.05, 0.1) is 0 Å². The maximum Gasteiger partial charge on any atom is 1.00 e. The molecule has 0 aliphatic carbocycles. The summed E-state index contributed by atoms with van der Waals surface area (Å²) in [6.45, 7) is 0. The predicted molar refractivity (Wildman–Crippen MR) is 16.5 cm³/mol. The minimum atomic E-state index is -5.93. The Morgan fingerprint density at radius 1 is 0.727 bits per heavy atom. The third-order valence-electron chi connectivity index (χ3n) is 0.498. The molecule has 0 aromatic heterocycles. The third-order valence-corrected chi connectivity index (χ3v) is 0.498. The zero-order valence-electron chi connectivity index (χ0n) is 5.15. The number of hydrogen-bond acceptors (Lipinski definition) is 0. The molecule has 0 saturated heterocycles. The zero-order chi connectivity index (χ0) is 8.58. The number of rotatable bonds is 0. The van der Waals surface area contributed by atoms with E-state index in [1.807, 2.05) is 0 Å². The minimum absolute atomic E-state index is 0. The van der Waals surface area contributed by atoms with Crippen molar-refractivity contribution in [3.8, 4) is 0 Å². The van der Waals surface area contributed by atoms with Gasteiger partial charge in [-0.05, 0) is 0 Å². The molecule has 0 radical (unpaired) electrons. The number of hydrogen-bond donors (Lipinski definition) is 0. The van der Waals surface area contributed by atoms with Crippen LogP contribution in [0.15, 0.2) is 0 Å². The van der Waals surface area contributed by atoms with E-state index in [-0.39, 0.29) is 51.4 Å². The van der Waals surface area contributed by atoms with Crippen LogP contribution in [0.4, 0.5) is 30.7 Å². The van der Waals surface area contributed by atoms with Crippen molar-refractivity contribution >= 4 is 0 Å². The first kappa shape index (κ1) is 14.7. The molecular formula is C3F7K. The van der Waals surface area contributed by atoms with Crippen molar-refractivity contribution in [1.29, 1.82) is 0 Å². The van der Waals surface area contributed by atoms with Gasteiger partial charge in [-0.1, -0.05) is 0 Å². The molecule has 11 heavy (non-hydrogen) atoms. The van der Waals surface area contributed by atoms with Crippen LogP contribution >= 0.6 is 0 Å². The summed E-state index contributed by atoms with van der Waals surface area (Å²) in [5.74, 6) is 0. The first-order valence-corrected chi connectivity index (χ1v) is 1.82. The van der Waals surface area contributed by atoms with E-state index in [4.69, 9.17) is 0 Å². The van der Waals surface area contributed by atoms with Crippen molar-refractivity contribution < 1.29 is 82.1 Å². The van der Waals surface area contributed by atoms with Crippen molar-refractivity contribution in [1.82, 2.24) is 0 Å². The fourth-order valence-electron chi connectivity index (χ4n) is 0.161. The Kier molecular flexibility index (Phi) is 5.87. The molecule has 0 rings (SSSR count). The van der Waals surface area contributed by atoms with Crippen LogP contribution in [0.2, 0.25) is 0 Å². The second-order valence-corrected chi connectivity index (χ2v) is 1.31. The molecule has 62 valence electrons. The summed E-state index contributed by atoms with van der Waals surface area (Å²) in [5, 5.41) is 0. The van der Waals surface area contributed by atoms with E-state index in [0.29, 0.717) is 0 Å². The van der Waals surface area contributed by atoms with Gasteiger partial charge in [0.1, 0.15) is 0 Å². The summed E-state index contributed by atoms with van der Waals surface area (Å²) < 4.78 is 76.0. The second-order valence-electron chi connectivity index (χ2n) is 1.31. The van der Waals surface area contributed by atoms with Gasteiger partial charge in [0.2, 0.25) is 0 Å². The van der Waals surface area contributed by atoms with E-state index in [1.165, 1.54) is 0 Å². The Hall–Kier alpha value is 1.15. The molecule has 0 aliphatic rings. The first-order chi connectivity index (χ1) is 4.15. The zero-order valence-corrected chi connectivity index (χ0v) is 8.27. The molecule has 0 aromatic carbocycles. The standard InChI is InChI=1S/C3F7.K/c4-1(2(5,6)7)3(8,9)10;/q-1;+1. The van der Waals surface area contributed by atoms with Gasteiger partial charge in [-0.2, -0.15) is 0 Å². The summed E-state index contributed by atoms with van der Waals surface area (Å²) >= 11 is 0. The van der Waals surface area contributed by atoms with Gasteiger partial charge in [0.15, 0.2) is 0 Å². The van der Waals surface area contributed by atoms with Crippen LogP contribution in [0.3, 0.4) is 0 Å². The molecule has 0 heterocycles. The maximum absolute atomic E-state index is 11.1. The largest absolute Gasteiger partial charge is 1.00 e. The van der Waals surface area contributed by atoms with Crippen LogP contribution in [-0.2, 0) is 0 Å². The molecule has 0 unspecified atom stereocenters. The quantitative estimate of drug-likeness (QED) is 0.289. The Labute approximate surface area is 99.6 Å². The van der Waals surface area contributed by atoms with E-state index in [9.17, 15) is 30.7 Å². The summed E-state index contributed by atoms with van der Waals surface area (Å²) in [5.41, 5.74) is 0. The molecule has 0 N–H and O–H groups in total. The van der Waals surface area contributed by atoms with Crippen LogP contribution in [0.1, 0.15) is 0 Å². The first-order valence-electron chi connectivity index (χ1n) is 1.82. The van der Waals surface area contributed by atoms with E-state index in [2.05, 4.69) is 0 Å². The fraction of sp³-hybridized carbons (Fsp3) is 0.667. The Bertz CT molecular complexity index is 97.8. The Morgan fingerprint density at radius 3 is 0.909 bits per heavy atom. The molecule has 0 aliphatic heterocycles. The molecule has 0 nitrogen and oxygen atoms in total. The van der Waals surface area contributed by atoms with Crippen LogP contribution in [0, 0.1) is 6.17 Å². The monoisotopic (exact) mass is 208 g/mol. The van der Waals surface area contributed by atoms with Gasteiger partial charge < -0.3 is 4.39 Å². The van der Waals surface area contributed by atoms with Crippen molar-refractivity contribution in [3.05, 3.63) is 6.17 Å². The van der Waals surface area contributed by atoms with E-state index < -0.39 is 18.5 Å². The van der Waals surface area contributed by atoms with Crippen LogP contribution < -0.4 is 51.4 Å². The molecule has 0 aromatic rings. The normalized spacial score (nSPS) is 13.1. The molecule has 0 spiro atoms. The molecule has 0 amide bonds. The minimum Gasteiger partial charge on any atom is -0.438 e. The Morgan fingerprint density at radius 2 is 0.909 bits per heavy atom. The summed E-state index contributed by atoms with van der Waals surface area (Å²) in [6.07, 6.45) is -15.8. The van der Waals surface area contributed by atoms with Gasteiger partial charge in [0, 0.05) is 6.17 Å². The summed E-state index contributed by atoms with van der Waals surface area (Å²) in [7, 11) is 0. The van der Waals surface area contributed by atoms with Gasteiger partial charge in [-0.25, -0.2) is 26.3 Å². The van der Waals surface area contributed by atoms with Crippen LogP contribution in [-0.4, -0.2) is 12.4 Å². The van der Waals surface area contributed by atoms with Crippen molar-refractivity contribution in [2.45, 2.75) is 12.4 Å². The average molecular weight is 208 g/mol. The van der Waals surface area contributed by atoms with E-state index in [0.717, 1.165) is 0 Å². The molecular weight excluding hydrogens is 208 g/mol. The smallest absolute Gasteiger partial charge is 0.438 e. The van der Waals surface area contributed by atoms with Gasteiger partial charge in [-0.3, -0.25) is 0 Å². The van der Waals surface area contributed by atoms with Crippen LogP contribution in [0.5, 0.6) is 0 Å². The SMILES string of the molecule is F[C-](C(F)(F)F)C(F)(F)F.[K+]. The predicted octanol–water partition coefficient (Wildman–Crippen LogP) is -0.384. The van der Waals surface area contributed by atoms with Crippen molar-refractivity contribution in [2.75, 3.05) is 0 Å². The third kappa shape index (κ3) is 5.40. The second kappa shape index (κ2) is 4.40.